The van der Waals surface area contributed by atoms with Gasteiger partial charge in [-0.3, -0.25) is 9.59 Å². The first kappa shape index (κ1) is 20.1. The average Bonchev–Trinajstić information content (AvgIpc) is 3.19. The van der Waals surface area contributed by atoms with E-state index in [4.69, 9.17) is 0 Å². The molecule has 2 fully saturated rings. The van der Waals surface area contributed by atoms with Gasteiger partial charge in [-0.2, -0.15) is 0 Å². The highest BCUT2D eigenvalue weighted by Crippen LogP contribution is 2.23. The first-order valence-corrected chi connectivity index (χ1v) is 10.6. The third-order valence-electron chi connectivity index (χ3n) is 5.96. The first-order chi connectivity index (χ1) is 14.6. The van der Waals surface area contributed by atoms with Crippen molar-refractivity contribution in [1.82, 2.24) is 9.80 Å². The summed E-state index contributed by atoms with van der Waals surface area (Å²) < 4.78 is 0. The van der Waals surface area contributed by atoms with Crippen molar-refractivity contribution >= 4 is 23.4 Å². The van der Waals surface area contributed by atoms with E-state index in [1.54, 1.807) is 4.90 Å². The van der Waals surface area contributed by atoms with E-state index in [1.165, 1.54) is 0 Å². The summed E-state index contributed by atoms with van der Waals surface area (Å²) in [5.41, 5.74) is 2.54. The van der Waals surface area contributed by atoms with Crippen molar-refractivity contribution in [3.63, 3.8) is 0 Å². The molecule has 1 N–H and O–H groups in total. The molecule has 0 aliphatic carbocycles. The van der Waals surface area contributed by atoms with Crippen molar-refractivity contribution in [3.05, 3.63) is 65.7 Å². The van der Waals surface area contributed by atoms with Crippen LogP contribution in [-0.2, 0) is 11.3 Å². The lowest BCUT2D eigenvalue weighted by molar-refractivity contribution is -0.128. The quantitative estimate of drug-likeness (QED) is 0.766. The van der Waals surface area contributed by atoms with Crippen molar-refractivity contribution in [3.8, 4) is 0 Å². The lowest BCUT2D eigenvalue weighted by atomic mass is 9.89. The Kier molecular flexibility index (Phi) is 6.12. The predicted molar refractivity (Wildman–Crippen MR) is 115 cm³/mol. The molecule has 0 spiro atoms. The Labute approximate surface area is 176 Å². The Morgan fingerprint density at radius 2 is 1.63 bits per heavy atom. The van der Waals surface area contributed by atoms with Crippen molar-refractivity contribution < 1.29 is 14.4 Å². The smallest absolute Gasteiger partial charge is 0.321 e. The number of Topliss-reactive ketones (excluding diaryl/α,β-unsaturated/α-hetero) is 1. The van der Waals surface area contributed by atoms with Gasteiger partial charge in [-0.05, 0) is 37.0 Å². The number of hydrogen-bond donors (Lipinski definition) is 1. The van der Waals surface area contributed by atoms with Crippen LogP contribution in [0.5, 0.6) is 0 Å². The van der Waals surface area contributed by atoms with Gasteiger partial charge in [-0.15, -0.1) is 0 Å². The van der Waals surface area contributed by atoms with Crippen molar-refractivity contribution in [2.75, 3.05) is 25.0 Å². The molecule has 6 nitrogen and oxygen atoms in total. The van der Waals surface area contributed by atoms with Gasteiger partial charge in [0.25, 0.3) is 0 Å². The van der Waals surface area contributed by atoms with Crippen LogP contribution in [0.2, 0.25) is 0 Å². The zero-order valence-corrected chi connectivity index (χ0v) is 17.0. The molecule has 0 aromatic heterocycles. The van der Waals surface area contributed by atoms with Crippen LogP contribution in [0.15, 0.2) is 54.6 Å². The SMILES string of the molecule is O=C(c1ccccc1)C1CCN(C(=O)Nc2ccc(CN3CCCC3=O)cc2)CC1. The van der Waals surface area contributed by atoms with Crippen LogP contribution >= 0.6 is 0 Å². The molecule has 2 aromatic rings. The van der Waals surface area contributed by atoms with Crippen LogP contribution in [0.25, 0.3) is 0 Å². The van der Waals surface area contributed by atoms with E-state index >= 15 is 0 Å². The minimum absolute atomic E-state index is 0.0240. The molecule has 0 unspecified atom stereocenters. The molecule has 30 heavy (non-hydrogen) atoms. The number of urea groups is 1. The van der Waals surface area contributed by atoms with E-state index in [0.29, 0.717) is 38.9 Å². The number of nitrogens with one attached hydrogen (secondary N) is 1. The maximum Gasteiger partial charge on any atom is 0.321 e. The normalized spacial score (nSPS) is 17.3. The Morgan fingerprint density at radius 3 is 2.27 bits per heavy atom. The zero-order valence-electron chi connectivity index (χ0n) is 17.0. The van der Waals surface area contributed by atoms with Crippen molar-refractivity contribution in [2.24, 2.45) is 5.92 Å². The number of amides is 3. The second-order valence-electron chi connectivity index (χ2n) is 8.04. The zero-order chi connectivity index (χ0) is 20.9. The highest BCUT2D eigenvalue weighted by molar-refractivity contribution is 5.98. The molecule has 0 atom stereocenters. The number of carbonyl (C=O) groups excluding carboxylic acids is 3. The average molecular weight is 405 g/mol. The van der Waals surface area contributed by atoms with E-state index < -0.39 is 0 Å². The van der Waals surface area contributed by atoms with Gasteiger partial charge in [0.15, 0.2) is 5.78 Å². The Bertz CT molecular complexity index is 903. The highest BCUT2D eigenvalue weighted by atomic mass is 16.2. The fraction of sp³-hybridized carbons (Fsp3) is 0.375. The molecule has 4 rings (SSSR count). The first-order valence-electron chi connectivity index (χ1n) is 10.6. The van der Waals surface area contributed by atoms with Gasteiger partial charge in [0.1, 0.15) is 0 Å². The lowest BCUT2D eigenvalue weighted by Crippen LogP contribution is -2.42. The maximum atomic E-state index is 12.6. The molecule has 0 saturated carbocycles. The van der Waals surface area contributed by atoms with Crippen molar-refractivity contribution in [1.29, 1.82) is 0 Å². The van der Waals surface area contributed by atoms with Gasteiger partial charge in [-0.1, -0.05) is 42.5 Å². The van der Waals surface area contributed by atoms with Crippen LogP contribution in [0.1, 0.15) is 41.6 Å². The van der Waals surface area contributed by atoms with Crippen molar-refractivity contribution in [2.45, 2.75) is 32.2 Å². The number of benzene rings is 2. The molecule has 2 saturated heterocycles. The van der Waals surface area contributed by atoms with Gasteiger partial charge >= 0.3 is 6.03 Å². The minimum atomic E-state index is -0.136. The summed E-state index contributed by atoms with van der Waals surface area (Å²) in [6.07, 6.45) is 2.94. The molecule has 0 radical (unpaired) electrons. The number of nitrogens with zero attached hydrogens (tertiary/aromatic N) is 2. The number of hydrogen-bond acceptors (Lipinski definition) is 3. The van der Waals surface area contributed by atoms with Gasteiger partial charge < -0.3 is 15.1 Å². The summed E-state index contributed by atoms with van der Waals surface area (Å²) in [4.78, 5) is 40.6. The van der Waals surface area contributed by atoms with Gasteiger partial charge in [-0.25, -0.2) is 4.79 Å². The van der Waals surface area contributed by atoms with Gasteiger partial charge in [0, 0.05) is 49.8 Å². The summed E-state index contributed by atoms with van der Waals surface area (Å²) >= 11 is 0. The second kappa shape index (κ2) is 9.11. The number of carbonyl (C=O) groups is 3. The molecule has 3 amide bonds. The van der Waals surface area contributed by atoms with Crippen LogP contribution in [0.4, 0.5) is 10.5 Å². The van der Waals surface area contributed by atoms with E-state index in [2.05, 4.69) is 5.32 Å². The second-order valence-corrected chi connectivity index (χ2v) is 8.04. The fourth-order valence-electron chi connectivity index (χ4n) is 4.17. The molecule has 0 bridgehead atoms. The maximum absolute atomic E-state index is 12.6. The lowest BCUT2D eigenvalue weighted by Gasteiger charge is -2.31. The van der Waals surface area contributed by atoms with E-state index in [1.807, 2.05) is 59.5 Å². The Balaban J connectivity index is 1.26. The molecular formula is C24H27N3O3. The third-order valence-corrected chi connectivity index (χ3v) is 5.96. The van der Waals surface area contributed by atoms with Gasteiger partial charge in [0.05, 0.1) is 0 Å². The molecule has 2 aromatic carbocycles. The molecule has 156 valence electrons. The van der Waals surface area contributed by atoms with Gasteiger partial charge in [0.2, 0.25) is 5.91 Å². The number of anilines is 1. The number of ketones is 1. The largest absolute Gasteiger partial charge is 0.338 e. The number of piperidine rings is 1. The fourth-order valence-corrected chi connectivity index (χ4v) is 4.17. The molecule has 2 aliphatic rings. The molecule has 2 aliphatic heterocycles. The topological polar surface area (TPSA) is 69.7 Å². The molecule has 2 heterocycles. The van der Waals surface area contributed by atoms with Crippen LogP contribution in [-0.4, -0.2) is 47.2 Å². The minimum Gasteiger partial charge on any atom is -0.338 e. The van der Waals surface area contributed by atoms with E-state index in [9.17, 15) is 14.4 Å². The Hall–Kier alpha value is -3.15. The number of rotatable bonds is 5. The summed E-state index contributed by atoms with van der Waals surface area (Å²) in [7, 11) is 0. The standard InChI is InChI=1S/C24H27N3O3/c28-22-7-4-14-27(22)17-18-8-10-21(11-9-18)25-24(30)26-15-12-20(13-16-26)23(29)19-5-2-1-3-6-19/h1-3,5-6,8-11,20H,4,7,12-17H2,(H,25,30). The summed E-state index contributed by atoms with van der Waals surface area (Å²) in [6, 6.07) is 16.9. The van der Waals surface area contributed by atoms with E-state index in [0.717, 1.165) is 29.8 Å². The Morgan fingerprint density at radius 1 is 0.933 bits per heavy atom. The van der Waals surface area contributed by atoms with Crippen LogP contribution < -0.4 is 5.32 Å². The third kappa shape index (κ3) is 4.70. The molecule has 6 heteroatoms. The molecular weight excluding hydrogens is 378 g/mol. The highest BCUT2D eigenvalue weighted by Gasteiger charge is 2.28. The van der Waals surface area contributed by atoms with Crippen LogP contribution in [0.3, 0.4) is 0 Å². The van der Waals surface area contributed by atoms with E-state index in [-0.39, 0.29) is 23.6 Å². The summed E-state index contributed by atoms with van der Waals surface area (Å²) in [6.45, 7) is 2.59. The monoisotopic (exact) mass is 405 g/mol. The van der Waals surface area contributed by atoms with Crippen LogP contribution in [0, 0.1) is 5.92 Å². The predicted octanol–water partition coefficient (Wildman–Crippen LogP) is 3.94. The number of likely N-dealkylation sites (tertiary alicyclic amines) is 2. The summed E-state index contributed by atoms with van der Waals surface area (Å²) in [5.74, 6) is 0.355. The summed E-state index contributed by atoms with van der Waals surface area (Å²) in [5, 5.41) is 2.94.